The molecule has 0 spiro atoms. The quantitative estimate of drug-likeness (QED) is 0.615. The molecular formula is C11H20OS3. The maximum Gasteiger partial charge on any atom is 0.158 e. The lowest BCUT2D eigenvalue weighted by Gasteiger charge is -2.10. The zero-order valence-electron chi connectivity index (χ0n) is 9.96. The van der Waals surface area contributed by atoms with E-state index in [0.29, 0.717) is 0 Å². The molecular weight excluding hydrogens is 244 g/mol. The summed E-state index contributed by atoms with van der Waals surface area (Å²) in [5, 5.41) is 0. The zero-order chi connectivity index (χ0) is 11.7. The van der Waals surface area contributed by atoms with E-state index in [4.69, 9.17) is 0 Å². The minimum absolute atomic E-state index is 0.229. The van der Waals surface area contributed by atoms with E-state index in [1.807, 2.05) is 11.8 Å². The van der Waals surface area contributed by atoms with E-state index in [1.54, 1.807) is 30.4 Å². The van der Waals surface area contributed by atoms with Gasteiger partial charge in [-0.15, -0.1) is 23.5 Å². The Labute approximate surface area is 106 Å². The highest BCUT2D eigenvalue weighted by atomic mass is 32.2. The Morgan fingerprint density at radius 2 is 1.53 bits per heavy atom. The molecule has 0 aliphatic heterocycles. The first-order valence-electron chi connectivity index (χ1n) is 5.24. The third-order valence-corrected chi connectivity index (χ3v) is 4.88. The smallest absolute Gasteiger partial charge is 0.158 e. The molecule has 0 aromatic heterocycles. The molecule has 0 fully saturated rings. The lowest BCUT2D eigenvalue weighted by molar-refractivity contribution is -0.113. The van der Waals surface area contributed by atoms with E-state index in [1.165, 1.54) is 4.24 Å². The highest BCUT2D eigenvalue weighted by molar-refractivity contribution is 8.22. The Kier molecular flexibility index (Phi) is 9.97. The van der Waals surface area contributed by atoms with Crippen molar-refractivity contribution >= 4 is 41.1 Å². The fourth-order valence-electron chi connectivity index (χ4n) is 0.986. The van der Waals surface area contributed by atoms with Crippen LogP contribution in [0.1, 0.15) is 27.7 Å². The Balaban J connectivity index is 4.70. The summed E-state index contributed by atoms with van der Waals surface area (Å²) in [4.78, 5) is 11.5. The second kappa shape index (κ2) is 9.67. The fourth-order valence-corrected chi connectivity index (χ4v) is 4.27. The van der Waals surface area contributed by atoms with E-state index in [9.17, 15) is 4.79 Å². The molecule has 0 unspecified atom stereocenters. The number of carbonyl (C=O) groups excluding carboxylic acids is 1. The van der Waals surface area contributed by atoms with Crippen molar-refractivity contribution in [3.63, 3.8) is 0 Å². The van der Waals surface area contributed by atoms with Crippen molar-refractivity contribution < 1.29 is 4.79 Å². The van der Waals surface area contributed by atoms with E-state index >= 15 is 0 Å². The summed E-state index contributed by atoms with van der Waals surface area (Å²) >= 11 is 5.41. The zero-order valence-corrected chi connectivity index (χ0v) is 12.4. The average molecular weight is 264 g/mol. The maximum atomic E-state index is 11.5. The van der Waals surface area contributed by atoms with Crippen LogP contribution in [0.3, 0.4) is 0 Å². The molecule has 0 bridgehead atoms. The normalized spacial score (nSPS) is 10.1. The molecule has 0 heterocycles. The number of hydrogen-bond acceptors (Lipinski definition) is 4. The van der Waals surface area contributed by atoms with Crippen LogP contribution in [-0.4, -0.2) is 28.8 Å². The SMILES string of the molecule is CCSCC(C(C)=O)=C(SCC)SCC. The van der Waals surface area contributed by atoms with Gasteiger partial charge < -0.3 is 0 Å². The minimum atomic E-state index is 0.229. The Morgan fingerprint density at radius 3 is 1.87 bits per heavy atom. The number of hydrogen-bond donors (Lipinski definition) is 0. The van der Waals surface area contributed by atoms with Gasteiger partial charge in [-0.2, -0.15) is 11.8 Å². The molecule has 0 saturated carbocycles. The third-order valence-electron chi connectivity index (χ3n) is 1.67. The Bertz CT molecular complexity index is 216. The topological polar surface area (TPSA) is 17.1 Å². The predicted octanol–water partition coefficient (Wildman–Crippen LogP) is 4.05. The largest absolute Gasteiger partial charge is 0.295 e. The van der Waals surface area contributed by atoms with Crippen molar-refractivity contribution in [2.75, 3.05) is 23.0 Å². The van der Waals surface area contributed by atoms with Crippen molar-refractivity contribution in [3.8, 4) is 0 Å². The molecule has 0 radical (unpaired) electrons. The molecule has 15 heavy (non-hydrogen) atoms. The molecule has 0 amide bonds. The van der Waals surface area contributed by atoms with Crippen LogP contribution < -0.4 is 0 Å². The first kappa shape index (κ1) is 15.5. The highest BCUT2D eigenvalue weighted by Gasteiger charge is 2.11. The third kappa shape index (κ3) is 6.59. The second-order valence-electron chi connectivity index (χ2n) is 2.83. The van der Waals surface area contributed by atoms with Gasteiger partial charge >= 0.3 is 0 Å². The molecule has 0 aromatic rings. The van der Waals surface area contributed by atoms with Crippen LogP contribution in [0.2, 0.25) is 0 Å². The molecule has 0 aliphatic rings. The van der Waals surface area contributed by atoms with Gasteiger partial charge in [-0.25, -0.2) is 0 Å². The van der Waals surface area contributed by atoms with Gasteiger partial charge in [0.05, 0.1) is 0 Å². The van der Waals surface area contributed by atoms with Gasteiger partial charge in [-0.1, -0.05) is 20.8 Å². The van der Waals surface area contributed by atoms with Crippen LogP contribution in [0.25, 0.3) is 0 Å². The van der Waals surface area contributed by atoms with E-state index in [2.05, 4.69) is 20.8 Å². The van der Waals surface area contributed by atoms with Crippen molar-refractivity contribution in [2.45, 2.75) is 27.7 Å². The summed E-state index contributed by atoms with van der Waals surface area (Å²) in [7, 11) is 0. The fraction of sp³-hybridized carbons (Fsp3) is 0.727. The van der Waals surface area contributed by atoms with Gasteiger partial charge in [0.25, 0.3) is 0 Å². The van der Waals surface area contributed by atoms with Crippen LogP contribution in [0.15, 0.2) is 9.81 Å². The van der Waals surface area contributed by atoms with Gasteiger partial charge in [0.2, 0.25) is 0 Å². The molecule has 0 aromatic carbocycles. The van der Waals surface area contributed by atoms with Crippen molar-refractivity contribution in [2.24, 2.45) is 0 Å². The molecule has 0 N–H and O–H groups in total. The van der Waals surface area contributed by atoms with E-state index in [0.717, 1.165) is 28.6 Å². The first-order chi connectivity index (χ1) is 7.17. The van der Waals surface area contributed by atoms with Crippen LogP contribution >= 0.6 is 35.3 Å². The monoisotopic (exact) mass is 264 g/mol. The molecule has 0 aliphatic carbocycles. The Morgan fingerprint density at radius 1 is 1.00 bits per heavy atom. The number of thioether (sulfide) groups is 3. The summed E-state index contributed by atoms with van der Waals surface area (Å²) in [5.74, 6) is 4.23. The lowest BCUT2D eigenvalue weighted by Crippen LogP contribution is -2.02. The van der Waals surface area contributed by atoms with Crippen LogP contribution in [0.5, 0.6) is 0 Å². The summed E-state index contributed by atoms with van der Waals surface area (Å²) in [6, 6.07) is 0. The summed E-state index contributed by atoms with van der Waals surface area (Å²) < 4.78 is 1.23. The summed E-state index contributed by atoms with van der Waals surface area (Å²) in [6.45, 7) is 8.07. The van der Waals surface area contributed by atoms with Gasteiger partial charge in [0, 0.05) is 15.6 Å². The minimum Gasteiger partial charge on any atom is -0.295 e. The summed E-state index contributed by atoms with van der Waals surface area (Å²) in [5.41, 5.74) is 1.01. The summed E-state index contributed by atoms with van der Waals surface area (Å²) in [6.07, 6.45) is 0. The molecule has 0 saturated heterocycles. The van der Waals surface area contributed by atoms with Crippen LogP contribution in [0, 0.1) is 0 Å². The van der Waals surface area contributed by atoms with Gasteiger partial charge in [0.1, 0.15) is 0 Å². The van der Waals surface area contributed by atoms with Crippen molar-refractivity contribution in [1.29, 1.82) is 0 Å². The number of carbonyl (C=O) groups is 1. The van der Waals surface area contributed by atoms with E-state index < -0.39 is 0 Å². The standard InChI is InChI=1S/C11H20OS3/c1-5-13-8-10(9(4)12)11(14-6-2)15-7-3/h5-8H2,1-4H3. The maximum absolute atomic E-state index is 11.5. The lowest BCUT2D eigenvalue weighted by atomic mass is 10.2. The van der Waals surface area contributed by atoms with Gasteiger partial charge in [0.15, 0.2) is 5.78 Å². The molecule has 0 atom stereocenters. The molecule has 4 heteroatoms. The second-order valence-corrected chi connectivity index (χ2v) is 6.91. The highest BCUT2D eigenvalue weighted by Crippen LogP contribution is 2.33. The first-order valence-corrected chi connectivity index (χ1v) is 8.37. The van der Waals surface area contributed by atoms with Gasteiger partial charge in [-0.3, -0.25) is 4.79 Å². The van der Waals surface area contributed by atoms with E-state index in [-0.39, 0.29) is 5.78 Å². The van der Waals surface area contributed by atoms with Gasteiger partial charge in [-0.05, 0) is 24.2 Å². The number of ketones is 1. The molecule has 1 nitrogen and oxygen atoms in total. The average Bonchev–Trinajstić information content (AvgIpc) is 2.18. The van der Waals surface area contributed by atoms with Crippen molar-refractivity contribution in [3.05, 3.63) is 9.81 Å². The number of rotatable bonds is 8. The number of Topliss-reactive ketones (excluding diaryl/α,β-unsaturated/α-hetero) is 1. The predicted molar refractivity (Wildman–Crippen MR) is 77.0 cm³/mol. The molecule has 0 rings (SSSR count). The van der Waals surface area contributed by atoms with Crippen LogP contribution in [0.4, 0.5) is 0 Å². The molecule has 88 valence electrons. The van der Waals surface area contributed by atoms with Crippen molar-refractivity contribution in [1.82, 2.24) is 0 Å². The Hall–Kier alpha value is 0.460. The van der Waals surface area contributed by atoms with Crippen LogP contribution in [-0.2, 0) is 4.79 Å².